The van der Waals surface area contributed by atoms with Crippen LogP contribution in [-0.4, -0.2) is 59.1 Å². The summed E-state index contributed by atoms with van der Waals surface area (Å²) in [6, 6.07) is 14.2. The maximum Gasteiger partial charge on any atom is 0.278 e. The standard InChI is InChI=1S/C21H23N5O3/c1-15(26-21(28)18-5-3-4-6-19(18)22-23-26)20(27)25-13-11-24(12-14-25)16-7-9-17(29-2)10-8-16/h3-10,15H,11-14H2,1-2H3/t15-/m0/s1. The minimum atomic E-state index is -0.702. The molecule has 0 spiro atoms. The molecule has 1 amide bonds. The van der Waals surface area contributed by atoms with E-state index in [0.717, 1.165) is 24.5 Å². The number of benzene rings is 2. The summed E-state index contributed by atoms with van der Waals surface area (Å²) in [7, 11) is 1.64. The summed E-state index contributed by atoms with van der Waals surface area (Å²) >= 11 is 0. The largest absolute Gasteiger partial charge is 0.497 e. The maximum atomic E-state index is 13.0. The van der Waals surface area contributed by atoms with Gasteiger partial charge in [0, 0.05) is 31.9 Å². The highest BCUT2D eigenvalue weighted by Gasteiger charge is 2.27. The SMILES string of the molecule is COc1ccc(N2CCN(C(=O)[C@H](C)n3nnc4ccccc4c3=O)CC2)cc1. The lowest BCUT2D eigenvalue weighted by Gasteiger charge is -2.37. The Morgan fingerprint density at radius 1 is 1.03 bits per heavy atom. The van der Waals surface area contributed by atoms with Crippen LogP contribution >= 0.6 is 0 Å². The van der Waals surface area contributed by atoms with E-state index in [1.54, 1.807) is 43.2 Å². The predicted octanol–water partition coefficient (Wildman–Crippen LogP) is 1.71. The van der Waals surface area contributed by atoms with Gasteiger partial charge in [0.2, 0.25) is 5.91 Å². The molecule has 8 nitrogen and oxygen atoms in total. The normalized spacial score (nSPS) is 15.4. The van der Waals surface area contributed by atoms with E-state index in [1.807, 2.05) is 24.3 Å². The summed E-state index contributed by atoms with van der Waals surface area (Å²) in [4.78, 5) is 29.7. The van der Waals surface area contributed by atoms with Crippen LogP contribution in [0.15, 0.2) is 53.3 Å². The van der Waals surface area contributed by atoms with Crippen molar-refractivity contribution < 1.29 is 9.53 Å². The van der Waals surface area contributed by atoms with Gasteiger partial charge in [-0.1, -0.05) is 17.3 Å². The number of fused-ring (bicyclic) bond motifs is 1. The van der Waals surface area contributed by atoms with Crippen molar-refractivity contribution in [3.05, 3.63) is 58.9 Å². The van der Waals surface area contributed by atoms with Gasteiger partial charge in [-0.25, -0.2) is 0 Å². The fourth-order valence-corrected chi connectivity index (χ4v) is 3.60. The average Bonchev–Trinajstić information content (AvgIpc) is 2.79. The van der Waals surface area contributed by atoms with Gasteiger partial charge in [0.05, 0.1) is 12.5 Å². The Morgan fingerprint density at radius 3 is 2.41 bits per heavy atom. The number of hydrogen-bond acceptors (Lipinski definition) is 6. The van der Waals surface area contributed by atoms with Crippen LogP contribution in [0.4, 0.5) is 5.69 Å². The molecule has 1 aromatic heterocycles. The van der Waals surface area contributed by atoms with Gasteiger partial charge in [-0.05, 0) is 43.3 Å². The monoisotopic (exact) mass is 393 g/mol. The topological polar surface area (TPSA) is 80.6 Å². The summed E-state index contributed by atoms with van der Waals surface area (Å²) in [6.45, 7) is 4.32. The van der Waals surface area contributed by atoms with Crippen molar-refractivity contribution in [2.75, 3.05) is 38.2 Å². The number of aromatic nitrogens is 3. The molecule has 0 aliphatic carbocycles. The van der Waals surface area contributed by atoms with Gasteiger partial charge < -0.3 is 14.5 Å². The number of piperazine rings is 1. The third-order valence-electron chi connectivity index (χ3n) is 5.34. The summed E-state index contributed by atoms with van der Waals surface area (Å²) in [5.74, 6) is 0.699. The molecule has 0 unspecified atom stereocenters. The molecule has 2 heterocycles. The highest BCUT2D eigenvalue weighted by atomic mass is 16.5. The Hall–Kier alpha value is -3.42. The summed E-state index contributed by atoms with van der Waals surface area (Å²) < 4.78 is 6.38. The molecule has 1 fully saturated rings. The molecule has 1 aliphatic heterocycles. The van der Waals surface area contributed by atoms with Gasteiger partial charge in [0.15, 0.2) is 0 Å². The second kappa shape index (κ2) is 7.90. The molecular formula is C21H23N5O3. The molecule has 0 radical (unpaired) electrons. The fourth-order valence-electron chi connectivity index (χ4n) is 3.60. The smallest absolute Gasteiger partial charge is 0.278 e. The van der Waals surface area contributed by atoms with Crippen LogP contribution in [-0.2, 0) is 4.79 Å². The molecule has 4 rings (SSSR count). The third-order valence-corrected chi connectivity index (χ3v) is 5.34. The van der Waals surface area contributed by atoms with E-state index < -0.39 is 6.04 Å². The molecule has 3 aromatic rings. The van der Waals surface area contributed by atoms with E-state index in [4.69, 9.17) is 4.74 Å². The number of carbonyl (C=O) groups is 1. The lowest BCUT2D eigenvalue weighted by molar-refractivity contribution is -0.135. The van der Waals surface area contributed by atoms with Crippen LogP contribution in [0.5, 0.6) is 5.75 Å². The van der Waals surface area contributed by atoms with Crippen molar-refractivity contribution >= 4 is 22.5 Å². The van der Waals surface area contributed by atoms with Crippen molar-refractivity contribution in [3.63, 3.8) is 0 Å². The first-order valence-electron chi connectivity index (χ1n) is 9.60. The van der Waals surface area contributed by atoms with Crippen molar-refractivity contribution in [3.8, 4) is 5.75 Å². The van der Waals surface area contributed by atoms with Crippen LogP contribution in [0.1, 0.15) is 13.0 Å². The number of methoxy groups -OCH3 is 1. The summed E-state index contributed by atoms with van der Waals surface area (Å²) in [5.41, 5.74) is 1.33. The van der Waals surface area contributed by atoms with E-state index in [-0.39, 0.29) is 11.5 Å². The van der Waals surface area contributed by atoms with E-state index in [9.17, 15) is 9.59 Å². The number of nitrogens with zero attached hydrogens (tertiary/aromatic N) is 5. The number of amides is 1. The first kappa shape index (κ1) is 18.9. The number of carbonyl (C=O) groups excluding carboxylic acids is 1. The van der Waals surface area contributed by atoms with E-state index in [0.29, 0.717) is 24.0 Å². The molecular weight excluding hydrogens is 370 g/mol. The average molecular weight is 393 g/mol. The molecule has 2 aromatic carbocycles. The second-order valence-electron chi connectivity index (χ2n) is 7.04. The first-order valence-corrected chi connectivity index (χ1v) is 9.60. The molecule has 1 atom stereocenters. The molecule has 1 aliphatic rings. The molecule has 8 heteroatoms. The first-order chi connectivity index (χ1) is 14.1. The highest BCUT2D eigenvalue weighted by molar-refractivity contribution is 5.81. The zero-order valence-corrected chi connectivity index (χ0v) is 16.5. The van der Waals surface area contributed by atoms with Crippen LogP contribution in [0, 0.1) is 0 Å². The predicted molar refractivity (Wildman–Crippen MR) is 110 cm³/mol. The van der Waals surface area contributed by atoms with Crippen LogP contribution in [0.25, 0.3) is 10.9 Å². The van der Waals surface area contributed by atoms with Gasteiger partial charge in [-0.3, -0.25) is 9.59 Å². The van der Waals surface area contributed by atoms with Gasteiger partial charge in [-0.15, -0.1) is 5.10 Å². The minimum Gasteiger partial charge on any atom is -0.497 e. The quantitative estimate of drug-likeness (QED) is 0.671. The lowest BCUT2D eigenvalue weighted by atomic mass is 10.2. The fraction of sp³-hybridized carbons (Fsp3) is 0.333. The van der Waals surface area contributed by atoms with E-state index >= 15 is 0 Å². The van der Waals surface area contributed by atoms with Crippen LogP contribution in [0.2, 0.25) is 0 Å². The van der Waals surface area contributed by atoms with Crippen LogP contribution < -0.4 is 15.2 Å². The molecule has 0 N–H and O–H groups in total. The van der Waals surface area contributed by atoms with Gasteiger partial charge >= 0.3 is 0 Å². The number of rotatable bonds is 4. The Balaban J connectivity index is 1.45. The van der Waals surface area contributed by atoms with Crippen LogP contribution in [0.3, 0.4) is 0 Å². The molecule has 29 heavy (non-hydrogen) atoms. The van der Waals surface area contributed by atoms with Crippen molar-refractivity contribution in [1.82, 2.24) is 19.9 Å². The number of ether oxygens (including phenoxy) is 1. The zero-order chi connectivity index (χ0) is 20.4. The van der Waals surface area contributed by atoms with Gasteiger partial charge in [-0.2, -0.15) is 4.68 Å². The Labute approximate surface area is 168 Å². The maximum absolute atomic E-state index is 13.0. The van der Waals surface area contributed by atoms with Crippen molar-refractivity contribution in [2.45, 2.75) is 13.0 Å². The Morgan fingerprint density at radius 2 is 1.72 bits per heavy atom. The van der Waals surface area contributed by atoms with Crippen molar-refractivity contribution in [2.24, 2.45) is 0 Å². The molecule has 1 saturated heterocycles. The van der Waals surface area contributed by atoms with E-state index in [2.05, 4.69) is 15.2 Å². The Kier molecular flexibility index (Phi) is 5.16. The summed E-state index contributed by atoms with van der Waals surface area (Å²) in [6.07, 6.45) is 0. The second-order valence-corrected chi connectivity index (χ2v) is 7.04. The minimum absolute atomic E-state index is 0.119. The van der Waals surface area contributed by atoms with Crippen molar-refractivity contribution in [1.29, 1.82) is 0 Å². The number of hydrogen-bond donors (Lipinski definition) is 0. The summed E-state index contributed by atoms with van der Waals surface area (Å²) in [5, 5.41) is 8.53. The lowest BCUT2D eigenvalue weighted by Crippen LogP contribution is -2.51. The molecule has 0 bridgehead atoms. The Bertz CT molecular complexity index is 1070. The third kappa shape index (κ3) is 3.65. The van der Waals surface area contributed by atoms with E-state index in [1.165, 1.54) is 4.68 Å². The zero-order valence-electron chi connectivity index (χ0n) is 16.5. The highest BCUT2D eigenvalue weighted by Crippen LogP contribution is 2.21. The molecule has 150 valence electrons. The number of anilines is 1. The van der Waals surface area contributed by atoms with Gasteiger partial charge in [0.1, 0.15) is 17.3 Å². The molecule has 0 saturated carbocycles. The van der Waals surface area contributed by atoms with Gasteiger partial charge in [0.25, 0.3) is 5.56 Å².